The smallest absolute Gasteiger partial charge is 0.268 e. The van der Waals surface area contributed by atoms with Gasteiger partial charge >= 0.3 is 0 Å². The molecule has 1 aromatic carbocycles. The maximum atomic E-state index is 13.7. The lowest BCUT2D eigenvalue weighted by Gasteiger charge is -2.36. The first-order valence-electron chi connectivity index (χ1n) is 9.93. The molecule has 6 heteroatoms. The van der Waals surface area contributed by atoms with Gasteiger partial charge in [-0.2, -0.15) is 0 Å². The molecule has 1 amide bonds. The SMILES string of the molecule is Cc1cc(F)ccc1C1C[C@@H](C)CCC1c1cc(=O)c2c(C(N)=O)nccc2[nH]1. The minimum atomic E-state index is -0.722. The van der Waals surface area contributed by atoms with Crippen LogP contribution in [0.15, 0.2) is 41.3 Å². The van der Waals surface area contributed by atoms with Crippen LogP contribution in [0, 0.1) is 18.7 Å². The summed E-state index contributed by atoms with van der Waals surface area (Å²) in [5.74, 6) is -0.112. The molecule has 1 fully saturated rings. The third-order valence-corrected chi connectivity index (χ3v) is 6.14. The van der Waals surface area contributed by atoms with E-state index >= 15 is 0 Å². The number of hydrogen-bond donors (Lipinski definition) is 2. The zero-order valence-corrected chi connectivity index (χ0v) is 16.5. The number of nitrogens with zero attached hydrogens (tertiary/aromatic N) is 1. The van der Waals surface area contributed by atoms with E-state index in [-0.39, 0.29) is 34.2 Å². The largest absolute Gasteiger partial charge is 0.364 e. The number of fused-ring (bicyclic) bond motifs is 1. The summed E-state index contributed by atoms with van der Waals surface area (Å²) in [6.07, 6.45) is 4.44. The summed E-state index contributed by atoms with van der Waals surface area (Å²) in [5.41, 5.74) is 8.56. The first-order valence-corrected chi connectivity index (χ1v) is 9.93. The summed E-state index contributed by atoms with van der Waals surface area (Å²) in [4.78, 5) is 31.9. The summed E-state index contributed by atoms with van der Waals surface area (Å²) in [6, 6.07) is 8.21. The topological polar surface area (TPSA) is 88.8 Å². The zero-order chi connectivity index (χ0) is 20.7. The van der Waals surface area contributed by atoms with Crippen LogP contribution in [0.25, 0.3) is 10.9 Å². The molecular formula is C23H24FN3O2. The molecule has 1 saturated carbocycles. The second-order valence-corrected chi connectivity index (χ2v) is 8.17. The predicted molar refractivity (Wildman–Crippen MR) is 111 cm³/mol. The molecule has 3 aromatic rings. The van der Waals surface area contributed by atoms with Crippen LogP contribution in [0.2, 0.25) is 0 Å². The fraction of sp³-hybridized carbons (Fsp3) is 0.348. The Morgan fingerprint density at radius 1 is 1.21 bits per heavy atom. The van der Waals surface area contributed by atoms with Crippen molar-refractivity contribution in [2.45, 2.75) is 44.9 Å². The third kappa shape index (κ3) is 3.55. The summed E-state index contributed by atoms with van der Waals surface area (Å²) in [5, 5.41) is 0.224. The van der Waals surface area contributed by atoms with Gasteiger partial charge in [0.2, 0.25) is 0 Å². The maximum Gasteiger partial charge on any atom is 0.268 e. The van der Waals surface area contributed by atoms with E-state index in [1.165, 1.54) is 12.3 Å². The Kier molecular flexibility index (Phi) is 4.94. The minimum Gasteiger partial charge on any atom is -0.364 e. The monoisotopic (exact) mass is 393 g/mol. The number of benzene rings is 1. The van der Waals surface area contributed by atoms with Gasteiger partial charge in [0.15, 0.2) is 5.43 Å². The molecule has 1 aliphatic carbocycles. The average Bonchev–Trinajstić information content (AvgIpc) is 2.67. The van der Waals surface area contributed by atoms with E-state index in [1.54, 1.807) is 18.2 Å². The third-order valence-electron chi connectivity index (χ3n) is 6.14. The van der Waals surface area contributed by atoms with Crippen molar-refractivity contribution in [3.05, 3.63) is 75.1 Å². The number of nitrogens with one attached hydrogen (secondary N) is 1. The summed E-state index contributed by atoms with van der Waals surface area (Å²) < 4.78 is 13.7. The van der Waals surface area contributed by atoms with Crippen LogP contribution in [0.5, 0.6) is 0 Å². The first-order chi connectivity index (χ1) is 13.8. The highest BCUT2D eigenvalue weighted by molar-refractivity contribution is 6.03. The van der Waals surface area contributed by atoms with Crippen LogP contribution >= 0.6 is 0 Å². The van der Waals surface area contributed by atoms with Crippen LogP contribution < -0.4 is 11.2 Å². The predicted octanol–water partition coefficient (Wildman–Crippen LogP) is 4.16. The van der Waals surface area contributed by atoms with Crippen LogP contribution in [-0.2, 0) is 0 Å². The Morgan fingerprint density at radius 3 is 2.72 bits per heavy atom. The summed E-state index contributed by atoms with van der Waals surface area (Å²) in [7, 11) is 0. The van der Waals surface area contributed by atoms with Gasteiger partial charge in [0, 0.05) is 23.9 Å². The Morgan fingerprint density at radius 2 is 2.00 bits per heavy atom. The van der Waals surface area contributed by atoms with E-state index in [4.69, 9.17) is 5.73 Å². The van der Waals surface area contributed by atoms with Crippen molar-refractivity contribution in [3.63, 3.8) is 0 Å². The van der Waals surface area contributed by atoms with Crippen LogP contribution in [0.1, 0.15) is 65.3 Å². The lowest BCUT2D eigenvalue weighted by Crippen LogP contribution is -2.24. The molecule has 2 aromatic heterocycles. The van der Waals surface area contributed by atoms with Crippen molar-refractivity contribution < 1.29 is 9.18 Å². The first kappa shape index (κ1) is 19.3. The highest BCUT2D eigenvalue weighted by Crippen LogP contribution is 2.46. The number of hydrogen-bond acceptors (Lipinski definition) is 3. The molecule has 0 aliphatic heterocycles. The molecule has 3 N–H and O–H groups in total. The second-order valence-electron chi connectivity index (χ2n) is 8.17. The normalized spacial score (nSPS) is 22.0. The molecule has 150 valence electrons. The van der Waals surface area contributed by atoms with Gasteiger partial charge in [0.05, 0.1) is 10.9 Å². The van der Waals surface area contributed by atoms with E-state index in [1.807, 2.05) is 13.0 Å². The summed E-state index contributed by atoms with van der Waals surface area (Å²) in [6.45, 7) is 4.17. The van der Waals surface area contributed by atoms with Gasteiger partial charge in [-0.05, 0) is 60.9 Å². The van der Waals surface area contributed by atoms with Gasteiger partial charge in [0.25, 0.3) is 5.91 Å². The molecule has 0 saturated heterocycles. The Balaban J connectivity index is 1.84. The number of carbonyl (C=O) groups is 1. The van der Waals surface area contributed by atoms with Gasteiger partial charge in [-0.15, -0.1) is 0 Å². The summed E-state index contributed by atoms with van der Waals surface area (Å²) >= 11 is 0. The van der Waals surface area contributed by atoms with Crippen molar-refractivity contribution in [1.82, 2.24) is 9.97 Å². The number of nitrogens with two attached hydrogens (primary N) is 1. The number of aryl methyl sites for hydroxylation is 1. The Hall–Kier alpha value is -3.02. The van der Waals surface area contributed by atoms with E-state index < -0.39 is 5.91 Å². The molecule has 0 radical (unpaired) electrons. The fourth-order valence-electron chi connectivity index (χ4n) is 4.76. The number of primary amides is 1. The molecule has 2 heterocycles. The van der Waals surface area contributed by atoms with Crippen molar-refractivity contribution in [1.29, 1.82) is 0 Å². The highest BCUT2D eigenvalue weighted by Gasteiger charge is 2.33. The van der Waals surface area contributed by atoms with E-state index in [0.717, 1.165) is 36.1 Å². The van der Waals surface area contributed by atoms with Gasteiger partial charge < -0.3 is 10.7 Å². The fourth-order valence-corrected chi connectivity index (χ4v) is 4.76. The molecule has 29 heavy (non-hydrogen) atoms. The molecule has 4 rings (SSSR count). The van der Waals surface area contributed by atoms with Gasteiger partial charge in [0.1, 0.15) is 11.5 Å². The molecule has 5 nitrogen and oxygen atoms in total. The number of H-pyrrole nitrogens is 1. The quantitative estimate of drug-likeness (QED) is 0.700. The van der Waals surface area contributed by atoms with Crippen LogP contribution in [0.3, 0.4) is 0 Å². The van der Waals surface area contributed by atoms with Gasteiger partial charge in [-0.25, -0.2) is 4.39 Å². The number of pyridine rings is 2. The molecule has 2 unspecified atom stereocenters. The molecule has 0 spiro atoms. The van der Waals surface area contributed by atoms with Crippen molar-refractivity contribution in [2.75, 3.05) is 0 Å². The lowest BCUT2D eigenvalue weighted by molar-refractivity contribution is 0.0997. The molecular weight excluding hydrogens is 369 g/mol. The van der Waals surface area contributed by atoms with E-state index in [2.05, 4.69) is 16.9 Å². The molecule has 0 bridgehead atoms. The average molecular weight is 393 g/mol. The number of rotatable bonds is 3. The van der Waals surface area contributed by atoms with Crippen LogP contribution in [0.4, 0.5) is 4.39 Å². The maximum absolute atomic E-state index is 13.7. The van der Waals surface area contributed by atoms with Crippen molar-refractivity contribution in [3.8, 4) is 0 Å². The van der Waals surface area contributed by atoms with Crippen molar-refractivity contribution >= 4 is 16.8 Å². The Bertz CT molecular complexity index is 1150. The number of aromatic nitrogens is 2. The Labute approximate surface area is 168 Å². The van der Waals surface area contributed by atoms with Crippen LogP contribution in [-0.4, -0.2) is 15.9 Å². The molecule has 3 atom stereocenters. The standard InChI is InChI=1S/C23H24FN3O2/c1-12-3-5-16(17(9-12)15-6-4-14(24)10-13(15)2)19-11-20(28)21-18(27-19)7-8-26-22(21)23(25)29/h4,6-8,10-12,16-17H,3,5,9H2,1-2H3,(H2,25,29)(H,27,28)/t12-,16?,17?/m0/s1. The van der Waals surface area contributed by atoms with Crippen molar-refractivity contribution in [2.24, 2.45) is 11.7 Å². The lowest BCUT2D eigenvalue weighted by atomic mass is 9.69. The van der Waals surface area contributed by atoms with Gasteiger partial charge in [-0.1, -0.05) is 19.4 Å². The van der Waals surface area contributed by atoms with E-state index in [9.17, 15) is 14.0 Å². The molecule has 1 aliphatic rings. The minimum absolute atomic E-state index is 0.0153. The second kappa shape index (κ2) is 7.43. The highest BCUT2D eigenvalue weighted by atomic mass is 19.1. The number of carbonyl (C=O) groups excluding carboxylic acids is 1. The number of amides is 1. The van der Waals surface area contributed by atoms with Gasteiger partial charge in [-0.3, -0.25) is 14.6 Å². The van der Waals surface area contributed by atoms with E-state index in [0.29, 0.717) is 11.4 Å². The number of halogens is 1. The zero-order valence-electron chi connectivity index (χ0n) is 16.5. The number of aromatic amines is 1.